The van der Waals surface area contributed by atoms with Gasteiger partial charge in [0.25, 0.3) is 0 Å². The van der Waals surface area contributed by atoms with E-state index < -0.39 is 0 Å². The van der Waals surface area contributed by atoms with Crippen molar-refractivity contribution in [2.45, 2.75) is 26.4 Å². The fraction of sp³-hybridized carbons (Fsp3) is 0.333. The molecule has 0 spiro atoms. The predicted molar refractivity (Wildman–Crippen MR) is 74.9 cm³/mol. The molecule has 0 radical (unpaired) electrons. The topological polar surface area (TPSA) is 47.0 Å². The average Bonchev–Trinajstić information content (AvgIpc) is 2.47. The first-order valence-corrected chi connectivity index (χ1v) is 6.53. The number of benzene rings is 1. The van der Waals surface area contributed by atoms with Gasteiger partial charge in [-0.25, -0.2) is 0 Å². The van der Waals surface area contributed by atoms with Gasteiger partial charge >= 0.3 is 0 Å². The molecule has 4 heteroatoms. The van der Waals surface area contributed by atoms with Crippen molar-refractivity contribution in [1.82, 2.24) is 15.5 Å². The Labute approximate surface area is 113 Å². The zero-order valence-electron chi connectivity index (χ0n) is 11.3. The van der Waals surface area contributed by atoms with Crippen LogP contribution >= 0.6 is 0 Å². The molecule has 1 unspecified atom stereocenters. The first-order valence-electron chi connectivity index (χ1n) is 6.53. The lowest BCUT2D eigenvalue weighted by Crippen LogP contribution is -2.19. The highest BCUT2D eigenvalue weighted by molar-refractivity contribution is 5.35. The maximum absolute atomic E-state index is 5.64. The van der Waals surface area contributed by atoms with E-state index in [2.05, 4.69) is 28.5 Å². The first kappa shape index (κ1) is 13.5. The molecule has 0 aliphatic heterocycles. The highest BCUT2D eigenvalue weighted by Crippen LogP contribution is 2.24. The van der Waals surface area contributed by atoms with E-state index in [1.54, 1.807) is 6.20 Å². The summed E-state index contributed by atoms with van der Waals surface area (Å²) < 4.78 is 5.64. The molecular weight excluding hydrogens is 238 g/mol. The van der Waals surface area contributed by atoms with Crippen LogP contribution in [0.1, 0.15) is 31.1 Å². The summed E-state index contributed by atoms with van der Waals surface area (Å²) in [6.07, 6.45) is 1.68. The summed E-state index contributed by atoms with van der Waals surface area (Å²) in [6.45, 7) is 5.48. The van der Waals surface area contributed by atoms with Crippen molar-refractivity contribution < 1.29 is 4.74 Å². The van der Waals surface area contributed by atoms with E-state index in [-0.39, 0.29) is 6.04 Å². The van der Waals surface area contributed by atoms with Crippen LogP contribution in [0.25, 0.3) is 0 Å². The molecule has 100 valence electrons. The zero-order valence-corrected chi connectivity index (χ0v) is 11.3. The van der Waals surface area contributed by atoms with Gasteiger partial charge in [0.2, 0.25) is 0 Å². The van der Waals surface area contributed by atoms with E-state index in [1.807, 2.05) is 37.3 Å². The Morgan fingerprint density at radius 1 is 1.21 bits per heavy atom. The van der Waals surface area contributed by atoms with Gasteiger partial charge in [0.15, 0.2) is 0 Å². The van der Waals surface area contributed by atoms with E-state index in [0.717, 1.165) is 17.0 Å². The van der Waals surface area contributed by atoms with Crippen LogP contribution in [0.5, 0.6) is 5.75 Å². The number of nitrogens with zero attached hydrogens (tertiary/aromatic N) is 2. The minimum absolute atomic E-state index is 0.199. The molecule has 0 saturated carbocycles. The van der Waals surface area contributed by atoms with Crippen LogP contribution in [0, 0.1) is 0 Å². The fourth-order valence-corrected chi connectivity index (χ4v) is 1.92. The summed E-state index contributed by atoms with van der Waals surface area (Å²) in [5.74, 6) is 0.934. The van der Waals surface area contributed by atoms with Gasteiger partial charge in [0.1, 0.15) is 5.75 Å². The maximum Gasteiger partial charge on any atom is 0.124 e. The van der Waals surface area contributed by atoms with Gasteiger partial charge < -0.3 is 10.1 Å². The Kier molecular flexibility index (Phi) is 4.86. The molecule has 0 fully saturated rings. The van der Waals surface area contributed by atoms with Crippen LogP contribution in [-0.2, 0) is 6.54 Å². The largest absolute Gasteiger partial charge is 0.494 e. The Balaban J connectivity index is 2.01. The summed E-state index contributed by atoms with van der Waals surface area (Å²) in [6, 6.07) is 12.1. The van der Waals surface area contributed by atoms with Crippen LogP contribution in [0.4, 0.5) is 0 Å². The van der Waals surface area contributed by atoms with Crippen LogP contribution in [0.15, 0.2) is 42.6 Å². The van der Waals surface area contributed by atoms with Crippen LogP contribution in [-0.4, -0.2) is 16.8 Å². The number of aromatic nitrogens is 2. The Bertz CT molecular complexity index is 502. The Morgan fingerprint density at radius 2 is 2.05 bits per heavy atom. The Hall–Kier alpha value is -1.94. The van der Waals surface area contributed by atoms with Gasteiger partial charge in [-0.05, 0) is 32.0 Å². The van der Waals surface area contributed by atoms with Gasteiger partial charge in [0, 0.05) is 24.3 Å². The number of rotatable bonds is 6. The van der Waals surface area contributed by atoms with E-state index in [0.29, 0.717) is 13.2 Å². The van der Waals surface area contributed by atoms with Crippen molar-refractivity contribution in [3.8, 4) is 5.75 Å². The van der Waals surface area contributed by atoms with Gasteiger partial charge in [-0.2, -0.15) is 10.2 Å². The van der Waals surface area contributed by atoms with Gasteiger partial charge in [-0.1, -0.05) is 18.2 Å². The normalized spacial score (nSPS) is 12.1. The number of hydrogen-bond acceptors (Lipinski definition) is 4. The molecule has 0 amide bonds. The molecule has 2 rings (SSSR count). The highest BCUT2D eigenvalue weighted by atomic mass is 16.5. The molecule has 0 saturated heterocycles. The molecule has 19 heavy (non-hydrogen) atoms. The molecule has 2 aromatic rings. The number of hydrogen-bond donors (Lipinski definition) is 1. The number of nitrogens with one attached hydrogen (secondary N) is 1. The summed E-state index contributed by atoms with van der Waals surface area (Å²) in [4.78, 5) is 0. The molecule has 1 heterocycles. The SMILES string of the molecule is CCOc1ccccc1C(C)NCc1cccnn1. The highest BCUT2D eigenvalue weighted by Gasteiger charge is 2.10. The summed E-state index contributed by atoms with van der Waals surface area (Å²) >= 11 is 0. The minimum Gasteiger partial charge on any atom is -0.494 e. The maximum atomic E-state index is 5.64. The third-order valence-corrected chi connectivity index (χ3v) is 2.90. The Morgan fingerprint density at radius 3 is 2.79 bits per heavy atom. The van der Waals surface area contributed by atoms with Crippen molar-refractivity contribution in [2.75, 3.05) is 6.61 Å². The van der Waals surface area contributed by atoms with Gasteiger partial charge in [-0.3, -0.25) is 0 Å². The monoisotopic (exact) mass is 257 g/mol. The lowest BCUT2D eigenvalue weighted by atomic mass is 10.1. The second kappa shape index (κ2) is 6.85. The lowest BCUT2D eigenvalue weighted by molar-refractivity contribution is 0.332. The smallest absolute Gasteiger partial charge is 0.124 e. The van der Waals surface area contributed by atoms with Crippen LogP contribution < -0.4 is 10.1 Å². The van der Waals surface area contributed by atoms with Crippen LogP contribution in [0.3, 0.4) is 0 Å². The van der Waals surface area contributed by atoms with Crippen molar-refractivity contribution in [3.63, 3.8) is 0 Å². The van der Waals surface area contributed by atoms with Crippen molar-refractivity contribution in [1.29, 1.82) is 0 Å². The molecule has 0 bridgehead atoms. The van der Waals surface area contributed by atoms with Crippen molar-refractivity contribution in [2.24, 2.45) is 0 Å². The standard InChI is InChI=1S/C15H19N3O/c1-3-19-15-9-5-4-8-14(15)12(2)16-11-13-7-6-10-17-18-13/h4-10,12,16H,3,11H2,1-2H3. The number of ether oxygens (including phenoxy) is 1. The second-order valence-electron chi connectivity index (χ2n) is 4.29. The summed E-state index contributed by atoms with van der Waals surface area (Å²) in [7, 11) is 0. The molecule has 1 aromatic carbocycles. The second-order valence-corrected chi connectivity index (χ2v) is 4.29. The van der Waals surface area contributed by atoms with E-state index in [9.17, 15) is 0 Å². The first-order chi connectivity index (χ1) is 9.31. The quantitative estimate of drug-likeness (QED) is 0.864. The van der Waals surface area contributed by atoms with Crippen molar-refractivity contribution >= 4 is 0 Å². The summed E-state index contributed by atoms with van der Waals surface area (Å²) in [5.41, 5.74) is 2.09. The van der Waals surface area contributed by atoms with E-state index in [1.165, 1.54) is 0 Å². The predicted octanol–water partition coefficient (Wildman–Crippen LogP) is 2.73. The summed E-state index contributed by atoms with van der Waals surface area (Å²) in [5, 5.41) is 11.4. The molecule has 1 N–H and O–H groups in total. The van der Waals surface area contributed by atoms with Crippen molar-refractivity contribution in [3.05, 3.63) is 53.9 Å². The van der Waals surface area contributed by atoms with E-state index in [4.69, 9.17) is 4.74 Å². The van der Waals surface area contributed by atoms with E-state index >= 15 is 0 Å². The molecular formula is C15H19N3O. The molecule has 0 aliphatic carbocycles. The fourth-order valence-electron chi connectivity index (χ4n) is 1.92. The molecule has 1 atom stereocenters. The third kappa shape index (κ3) is 3.76. The average molecular weight is 257 g/mol. The van der Waals surface area contributed by atoms with Gasteiger partial charge in [0.05, 0.1) is 12.3 Å². The molecule has 1 aromatic heterocycles. The van der Waals surface area contributed by atoms with Crippen LogP contribution in [0.2, 0.25) is 0 Å². The zero-order chi connectivity index (χ0) is 13.5. The molecule has 4 nitrogen and oxygen atoms in total. The lowest BCUT2D eigenvalue weighted by Gasteiger charge is -2.17. The number of para-hydroxylation sites is 1. The third-order valence-electron chi connectivity index (χ3n) is 2.90. The minimum atomic E-state index is 0.199. The van der Waals surface area contributed by atoms with Gasteiger partial charge in [-0.15, -0.1) is 0 Å². The molecule has 0 aliphatic rings.